The zero-order chi connectivity index (χ0) is 32.9. The third-order valence-corrected chi connectivity index (χ3v) is 9.10. The summed E-state index contributed by atoms with van der Waals surface area (Å²) in [5.41, 5.74) is 15.8. The lowest BCUT2D eigenvalue weighted by atomic mass is 9.85. The van der Waals surface area contributed by atoms with Gasteiger partial charge in [-0.3, -0.25) is 19.4 Å². The smallest absolute Gasteiger partial charge is 0.275 e. The summed E-state index contributed by atoms with van der Waals surface area (Å²) in [6, 6.07) is 10.6. The third kappa shape index (κ3) is 5.38. The van der Waals surface area contributed by atoms with Crippen LogP contribution in [0.1, 0.15) is 45.8 Å². The van der Waals surface area contributed by atoms with E-state index in [1.54, 1.807) is 65.9 Å². The number of benzene rings is 2. The largest absolute Gasteiger partial charge is 0.496 e. The molecule has 0 bridgehead atoms. The summed E-state index contributed by atoms with van der Waals surface area (Å²) in [5, 5.41) is 5.72. The van der Waals surface area contributed by atoms with E-state index in [2.05, 4.69) is 4.98 Å². The van der Waals surface area contributed by atoms with Gasteiger partial charge in [0.05, 0.1) is 24.1 Å². The van der Waals surface area contributed by atoms with Crippen molar-refractivity contribution in [3.63, 3.8) is 0 Å². The highest BCUT2D eigenvalue weighted by Gasteiger charge is 2.45. The molecule has 0 unspecified atom stereocenters. The molecule has 3 heterocycles. The quantitative estimate of drug-likeness (QED) is 0.302. The molecule has 238 valence electrons. The Morgan fingerprint density at radius 3 is 2.41 bits per heavy atom. The van der Waals surface area contributed by atoms with E-state index >= 15 is 0 Å². The second kappa shape index (κ2) is 12.1. The molecule has 0 saturated carbocycles. The van der Waals surface area contributed by atoms with Crippen molar-refractivity contribution < 1.29 is 19.1 Å². The molecule has 4 aromatic rings. The van der Waals surface area contributed by atoms with Gasteiger partial charge in [0.1, 0.15) is 11.3 Å². The molecule has 0 atom stereocenters. The molecule has 1 fully saturated rings. The number of rotatable bonds is 7. The number of primary amides is 1. The van der Waals surface area contributed by atoms with E-state index < -0.39 is 11.4 Å². The predicted octanol–water partition coefficient (Wildman–Crippen LogP) is 4.14. The summed E-state index contributed by atoms with van der Waals surface area (Å²) in [6.45, 7) is 4.97. The van der Waals surface area contributed by atoms with Gasteiger partial charge in [-0.1, -0.05) is 23.2 Å². The number of aromatic nitrogens is 3. The number of carbonyl (C=O) groups is 3. The van der Waals surface area contributed by atoms with Crippen molar-refractivity contribution in [2.75, 3.05) is 33.3 Å². The Morgan fingerprint density at radius 2 is 1.74 bits per heavy atom. The fourth-order valence-electron chi connectivity index (χ4n) is 6.37. The molecule has 0 radical (unpaired) electrons. The molecule has 2 aromatic carbocycles. The lowest BCUT2D eigenvalue weighted by Gasteiger charge is -2.45. The van der Waals surface area contributed by atoms with Crippen LogP contribution in [0.2, 0.25) is 10.0 Å². The van der Waals surface area contributed by atoms with Crippen molar-refractivity contribution in [2.45, 2.75) is 32.2 Å². The van der Waals surface area contributed by atoms with Gasteiger partial charge in [-0.15, -0.1) is 0 Å². The average Bonchev–Trinajstić information content (AvgIpc) is 3.42. The number of nitrogens with two attached hydrogens (primary N) is 2. The summed E-state index contributed by atoms with van der Waals surface area (Å²) in [4.78, 5) is 47.3. The first-order chi connectivity index (χ1) is 21.9. The molecule has 0 spiro atoms. The standard InChI is InChI=1S/C33H33Cl2N7O4/c1-33(2)32(45)40(7-6-36)8-9-41(33)31(44)28-24-5-4-18-11-27(46-3)25(19-10-20(30(37)43)17-38-16-19)15-26(18)29(24)42(39-28)23-13-21(34)12-22(35)14-23/h10-17H,4-9,36H2,1-3H3,(H2,37,43). The summed E-state index contributed by atoms with van der Waals surface area (Å²) in [7, 11) is 1.58. The molecular formula is C33H33Cl2N7O4. The molecule has 1 saturated heterocycles. The molecule has 11 nitrogen and oxygen atoms in total. The number of nitrogens with zero attached hydrogens (tertiary/aromatic N) is 5. The van der Waals surface area contributed by atoms with Gasteiger partial charge in [-0.2, -0.15) is 5.10 Å². The summed E-state index contributed by atoms with van der Waals surface area (Å²) < 4.78 is 7.46. The molecule has 4 N–H and O–H groups in total. The third-order valence-electron chi connectivity index (χ3n) is 8.66. The van der Waals surface area contributed by atoms with Crippen LogP contribution < -0.4 is 16.2 Å². The predicted molar refractivity (Wildman–Crippen MR) is 175 cm³/mol. The van der Waals surface area contributed by atoms with E-state index in [0.717, 1.165) is 16.7 Å². The molecule has 6 rings (SSSR count). The highest BCUT2D eigenvalue weighted by atomic mass is 35.5. The molecule has 1 aliphatic carbocycles. The number of piperazine rings is 1. The lowest BCUT2D eigenvalue weighted by Crippen LogP contribution is -2.65. The van der Waals surface area contributed by atoms with Gasteiger partial charge in [0.2, 0.25) is 11.8 Å². The summed E-state index contributed by atoms with van der Waals surface area (Å²) in [6.07, 6.45) is 4.16. The first kappa shape index (κ1) is 31.5. The van der Waals surface area contributed by atoms with E-state index in [-0.39, 0.29) is 23.1 Å². The number of carbonyl (C=O) groups excluding carboxylic acids is 3. The van der Waals surface area contributed by atoms with Crippen LogP contribution in [0.3, 0.4) is 0 Å². The number of hydrogen-bond donors (Lipinski definition) is 2. The molecule has 2 aromatic heterocycles. The molecule has 13 heteroatoms. The number of methoxy groups -OCH3 is 1. The van der Waals surface area contributed by atoms with E-state index in [1.807, 2.05) is 12.1 Å². The van der Waals surface area contributed by atoms with Gasteiger partial charge >= 0.3 is 0 Å². The second-order valence-electron chi connectivity index (χ2n) is 11.8. The number of ether oxygens (including phenoxy) is 1. The molecule has 3 amide bonds. The van der Waals surface area contributed by atoms with Crippen LogP contribution in [0.15, 0.2) is 48.8 Å². The first-order valence-electron chi connectivity index (χ1n) is 14.8. The minimum atomic E-state index is -1.11. The van der Waals surface area contributed by atoms with E-state index in [0.29, 0.717) is 77.3 Å². The number of fused-ring (bicyclic) bond motifs is 3. The molecule has 2 aliphatic rings. The summed E-state index contributed by atoms with van der Waals surface area (Å²) >= 11 is 12.9. The number of hydrogen-bond acceptors (Lipinski definition) is 7. The maximum atomic E-state index is 14.4. The maximum Gasteiger partial charge on any atom is 0.275 e. The van der Waals surface area contributed by atoms with Gasteiger partial charge in [0, 0.05) is 70.9 Å². The zero-order valence-corrected chi connectivity index (χ0v) is 27.2. The highest BCUT2D eigenvalue weighted by molar-refractivity contribution is 6.34. The zero-order valence-electron chi connectivity index (χ0n) is 25.6. The molecule has 1 aliphatic heterocycles. The van der Waals surface area contributed by atoms with Crippen LogP contribution in [0.25, 0.3) is 28.1 Å². The van der Waals surface area contributed by atoms with Crippen LogP contribution in [-0.4, -0.2) is 81.1 Å². The van der Waals surface area contributed by atoms with Gasteiger partial charge in [0.15, 0.2) is 5.69 Å². The number of amides is 3. The maximum absolute atomic E-state index is 14.4. The SMILES string of the molecule is COc1cc2c(cc1-c1cncc(C(N)=O)c1)-c1c(c(C(=O)N3CCN(CCN)C(=O)C3(C)C)nn1-c1cc(Cl)cc(Cl)c1)CC2. The first-order valence-corrected chi connectivity index (χ1v) is 15.6. The van der Waals surface area contributed by atoms with Gasteiger partial charge in [-0.05, 0) is 68.7 Å². The van der Waals surface area contributed by atoms with Crippen LogP contribution in [0, 0.1) is 0 Å². The van der Waals surface area contributed by atoms with Gasteiger partial charge < -0.3 is 26.0 Å². The normalized spacial score (nSPS) is 15.4. The van der Waals surface area contributed by atoms with Crippen molar-refractivity contribution >= 4 is 40.9 Å². The minimum absolute atomic E-state index is 0.165. The van der Waals surface area contributed by atoms with E-state index in [1.165, 1.54) is 6.20 Å². The number of pyridine rings is 1. The Morgan fingerprint density at radius 1 is 1.00 bits per heavy atom. The molecular weight excluding hydrogens is 629 g/mol. The van der Waals surface area contributed by atoms with Crippen molar-refractivity contribution in [2.24, 2.45) is 11.5 Å². The van der Waals surface area contributed by atoms with Gasteiger partial charge in [0.25, 0.3) is 5.91 Å². The average molecular weight is 663 g/mol. The van der Waals surface area contributed by atoms with Crippen LogP contribution in [0.5, 0.6) is 5.75 Å². The van der Waals surface area contributed by atoms with Crippen molar-refractivity contribution in [3.05, 3.63) is 81.2 Å². The topological polar surface area (TPSA) is 150 Å². The highest BCUT2D eigenvalue weighted by Crippen LogP contribution is 2.44. The Hall–Kier alpha value is -4.45. The van der Waals surface area contributed by atoms with E-state index in [4.69, 9.17) is 44.5 Å². The number of halogens is 2. The van der Waals surface area contributed by atoms with Gasteiger partial charge in [-0.25, -0.2) is 4.68 Å². The Labute approximate surface area is 276 Å². The van der Waals surface area contributed by atoms with Crippen LogP contribution in [0.4, 0.5) is 0 Å². The summed E-state index contributed by atoms with van der Waals surface area (Å²) in [5.74, 6) is -0.516. The minimum Gasteiger partial charge on any atom is -0.496 e. The Kier molecular flexibility index (Phi) is 8.26. The Bertz CT molecular complexity index is 1880. The fourth-order valence-corrected chi connectivity index (χ4v) is 6.88. The van der Waals surface area contributed by atoms with Crippen molar-refractivity contribution in [1.29, 1.82) is 0 Å². The molecule has 46 heavy (non-hydrogen) atoms. The Balaban J connectivity index is 1.55. The lowest BCUT2D eigenvalue weighted by molar-refractivity contribution is -0.146. The van der Waals surface area contributed by atoms with Crippen molar-refractivity contribution in [1.82, 2.24) is 24.6 Å². The van der Waals surface area contributed by atoms with E-state index in [9.17, 15) is 14.4 Å². The fraction of sp³-hybridized carbons (Fsp3) is 0.303. The van der Waals surface area contributed by atoms with Crippen LogP contribution in [-0.2, 0) is 17.6 Å². The van der Waals surface area contributed by atoms with Crippen LogP contribution >= 0.6 is 23.2 Å². The van der Waals surface area contributed by atoms with Crippen molar-refractivity contribution in [3.8, 4) is 33.8 Å². The second-order valence-corrected chi connectivity index (χ2v) is 12.7. The number of aryl methyl sites for hydroxylation is 1. The monoisotopic (exact) mass is 661 g/mol.